The fourth-order valence-electron chi connectivity index (χ4n) is 12.8. The topological polar surface area (TPSA) is 115 Å². The molecule has 10 aliphatic rings. The van der Waals surface area contributed by atoms with Gasteiger partial charge < -0.3 is 9.47 Å². The van der Waals surface area contributed by atoms with Gasteiger partial charge in [-0.15, -0.1) is 0 Å². The van der Waals surface area contributed by atoms with Crippen LogP contribution in [0, 0.1) is 53.3 Å². The van der Waals surface area contributed by atoms with Crippen LogP contribution in [0.1, 0.15) is 96.3 Å². The van der Waals surface area contributed by atoms with Gasteiger partial charge in [-0.2, -0.15) is 0 Å². The van der Waals surface area contributed by atoms with E-state index in [1.807, 2.05) is 6.26 Å². The summed E-state index contributed by atoms with van der Waals surface area (Å²) in [6.45, 7) is 0. The van der Waals surface area contributed by atoms with Crippen molar-refractivity contribution in [3.05, 3.63) is 24.5 Å². The minimum Gasteiger partial charge on any atom is -0.466 e. The first kappa shape index (κ1) is 29.7. The molecule has 0 radical (unpaired) electrons. The highest BCUT2D eigenvalue weighted by atomic mass is 16.5. The van der Waals surface area contributed by atoms with E-state index in [1.165, 1.54) is 89.9 Å². The second-order valence-electron chi connectivity index (χ2n) is 16.8. The Bertz CT molecular complexity index is 1180. The summed E-state index contributed by atoms with van der Waals surface area (Å²) in [4.78, 5) is 0. The van der Waals surface area contributed by atoms with Crippen molar-refractivity contribution >= 4 is 0 Å². The minimum atomic E-state index is 0.212. The zero-order valence-electron chi connectivity index (χ0n) is 27.5. The van der Waals surface area contributed by atoms with Crippen molar-refractivity contribution in [1.82, 2.24) is 42.5 Å². The summed E-state index contributed by atoms with van der Waals surface area (Å²) in [6.07, 6.45) is 27.7. The van der Waals surface area contributed by atoms with E-state index < -0.39 is 0 Å². The fraction of sp³-hybridized carbons (Fsp3) is 0.889. The minimum absolute atomic E-state index is 0.212. The average molecular weight is 635 g/mol. The molecule has 4 aliphatic carbocycles. The van der Waals surface area contributed by atoms with Gasteiger partial charge in [0.1, 0.15) is 24.5 Å². The number of allylic oxidation sites excluding steroid dienone is 1. The molecule has 0 aromatic rings. The molecule has 5 saturated heterocycles. The van der Waals surface area contributed by atoms with Crippen molar-refractivity contribution in [3.63, 3.8) is 0 Å². The molecule has 46 heavy (non-hydrogen) atoms. The molecule has 10 nitrogen and oxygen atoms in total. The highest BCUT2D eigenvalue weighted by Crippen LogP contribution is 2.48. The predicted octanol–water partition coefficient (Wildman–Crippen LogP) is 3.19. The molecule has 10 rings (SSSR count). The van der Waals surface area contributed by atoms with Gasteiger partial charge in [0.25, 0.3) is 0 Å². The third-order valence-corrected chi connectivity index (χ3v) is 14.8. The normalized spacial score (nSPS) is 54.4. The molecule has 0 spiro atoms. The number of fused-ring (bicyclic) bond motifs is 20. The van der Waals surface area contributed by atoms with Crippen LogP contribution in [0.5, 0.6) is 0 Å². The first-order chi connectivity index (χ1) is 22.8. The molecule has 6 aliphatic heterocycles. The van der Waals surface area contributed by atoms with Gasteiger partial charge in [-0.25, -0.2) is 0 Å². The van der Waals surface area contributed by atoms with Gasteiger partial charge in [0.05, 0.1) is 49.3 Å². The number of hydrogen-bond donors (Lipinski definition) is 8. The number of rotatable bonds is 1. The molecule has 10 heteroatoms. The Morgan fingerprint density at radius 3 is 1.15 bits per heavy atom. The summed E-state index contributed by atoms with van der Waals surface area (Å²) < 4.78 is 11.8. The molecule has 0 amide bonds. The van der Waals surface area contributed by atoms with Crippen LogP contribution in [-0.4, -0.2) is 49.3 Å². The van der Waals surface area contributed by atoms with Gasteiger partial charge in [-0.3, -0.25) is 42.5 Å². The SMILES string of the molecule is C1=COC(C2CCCC3C4NC5NC(NC6NC(NC7NC(NC(N4)C23)C2CCCCC72)C2CCCCC62)C2CCCCC52)=CO1. The molecule has 6 heterocycles. The standard InChI is InChI=1S/C36H58N8O2/c1-2-9-20-19(8-1)29-37-30(20)39-32-23-12-5-6-13-24(23)34(41-32)43-36-28-25(27-18-45-16-17-46-27)14-7-15-26(28)35(44-36)42-33-22-11-4-3-10-21(22)31(38-29)40-33/h16-26,28-44H,1-15H2. The molecule has 4 saturated carbocycles. The van der Waals surface area contributed by atoms with Crippen molar-refractivity contribution in [2.75, 3.05) is 0 Å². The Hall–Kier alpha value is -1.24. The zero-order chi connectivity index (χ0) is 30.2. The summed E-state index contributed by atoms with van der Waals surface area (Å²) >= 11 is 0. The third-order valence-electron chi connectivity index (χ3n) is 14.8. The summed E-state index contributed by atoms with van der Waals surface area (Å²) in [5.41, 5.74) is 0. The smallest absolute Gasteiger partial charge is 0.142 e. The van der Waals surface area contributed by atoms with E-state index in [9.17, 15) is 0 Å². The van der Waals surface area contributed by atoms with E-state index in [-0.39, 0.29) is 12.3 Å². The Kier molecular flexibility index (Phi) is 7.91. The van der Waals surface area contributed by atoms with Gasteiger partial charge in [0, 0.05) is 11.8 Å². The number of nitrogens with one attached hydrogen (secondary N) is 8. The summed E-state index contributed by atoms with van der Waals surface area (Å²) in [7, 11) is 0. The van der Waals surface area contributed by atoms with Crippen LogP contribution in [-0.2, 0) is 9.47 Å². The van der Waals surface area contributed by atoms with Crippen molar-refractivity contribution in [1.29, 1.82) is 0 Å². The van der Waals surface area contributed by atoms with Crippen molar-refractivity contribution in [3.8, 4) is 0 Å². The second kappa shape index (κ2) is 12.3. The molecule has 9 fully saturated rings. The molecule has 8 bridgehead atoms. The lowest BCUT2D eigenvalue weighted by molar-refractivity contribution is 0.0980. The molecule has 17 atom stereocenters. The first-order valence-corrected chi connectivity index (χ1v) is 19.5. The van der Waals surface area contributed by atoms with Gasteiger partial charge in [0.15, 0.2) is 0 Å². The quantitative estimate of drug-likeness (QED) is 0.219. The summed E-state index contributed by atoms with van der Waals surface area (Å²) in [5, 5.41) is 33.9. The van der Waals surface area contributed by atoms with Crippen molar-refractivity contribution in [2.24, 2.45) is 53.3 Å². The van der Waals surface area contributed by atoms with E-state index in [2.05, 4.69) is 42.5 Å². The number of hydrogen-bond acceptors (Lipinski definition) is 10. The van der Waals surface area contributed by atoms with Crippen LogP contribution >= 0.6 is 0 Å². The molecule has 0 aromatic heterocycles. The van der Waals surface area contributed by atoms with Gasteiger partial charge >= 0.3 is 0 Å². The lowest BCUT2D eigenvalue weighted by atomic mass is 9.70. The third kappa shape index (κ3) is 5.03. The van der Waals surface area contributed by atoms with E-state index in [4.69, 9.17) is 9.47 Å². The zero-order valence-corrected chi connectivity index (χ0v) is 27.5. The Balaban J connectivity index is 1.00. The Morgan fingerprint density at radius 1 is 0.391 bits per heavy atom. The van der Waals surface area contributed by atoms with Crippen LogP contribution in [0.3, 0.4) is 0 Å². The van der Waals surface area contributed by atoms with Crippen LogP contribution in [0.25, 0.3) is 0 Å². The largest absolute Gasteiger partial charge is 0.466 e. The van der Waals surface area contributed by atoms with Crippen LogP contribution in [0.2, 0.25) is 0 Å². The second-order valence-corrected chi connectivity index (χ2v) is 16.8. The van der Waals surface area contributed by atoms with Crippen molar-refractivity contribution in [2.45, 2.75) is 146 Å². The summed E-state index contributed by atoms with van der Waals surface area (Å²) in [5.74, 6) is 6.44. The average Bonchev–Trinajstić information content (AvgIpc) is 3.84. The van der Waals surface area contributed by atoms with Crippen LogP contribution in [0.15, 0.2) is 24.5 Å². The maximum atomic E-state index is 6.15. The maximum Gasteiger partial charge on any atom is 0.142 e. The Morgan fingerprint density at radius 2 is 0.761 bits per heavy atom. The van der Waals surface area contributed by atoms with E-state index in [1.54, 1.807) is 12.5 Å². The summed E-state index contributed by atoms with van der Waals surface area (Å²) in [6, 6.07) is 0. The molecular weight excluding hydrogens is 576 g/mol. The molecule has 254 valence electrons. The van der Waals surface area contributed by atoms with Crippen LogP contribution in [0.4, 0.5) is 0 Å². The molecular formula is C36H58N8O2. The number of ether oxygens (including phenoxy) is 2. The van der Waals surface area contributed by atoms with Gasteiger partial charge in [0.2, 0.25) is 0 Å². The van der Waals surface area contributed by atoms with Gasteiger partial charge in [-0.1, -0.05) is 44.9 Å². The first-order valence-electron chi connectivity index (χ1n) is 19.5. The predicted molar refractivity (Wildman–Crippen MR) is 175 cm³/mol. The van der Waals surface area contributed by atoms with E-state index in [0.29, 0.717) is 90.3 Å². The maximum absolute atomic E-state index is 6.15. The molecule has 17 unspecified atom stereocenters. The lowest BCUT2D eigenvalue weighted by Crippen LogP contribution is -2.61. The van der Waals surface area contributed by atoms with Crippen molar-refractivity contribution < 1.29 is 9.47 Å². The van der Waals surface area contributed by atoms with E-state index >= 15 is 0 Å². The molecule has 8 N–H and O–H groups in total. The highest BCUT2D eigenvalue weighted by Gasteiger charge is 2.56. The van der Waals surface area contributed by atoms with Gasteiger partial charge in [-0.05, 0) is 92.8 Å². The fourth-order valence-corrected chi connectivity index (χ4v) is 12.8. The van der Waals surface area contributed by atoms with Crippen LogP contribution < -0.4 is 42.5 Å². The monoisotopic (exact) mass is 634 g/mol. The van der Waals surface area contributed by atoms with E-state index in [0.717, 1.165) is 12.2 Å². The Labute approximate surface area is 275 Å². The highest BCUT2D eigenvalue weighted by molar-refractivity contribution is 5.13. The lowest BCUT2D eigenvalue weighted by Gasteiger charge is -2.40. The molecule has 0 aromatic carbocycles.